The number of hydrogen-bond donors (Lipinski definition) is 2. The SMILES string of the molecule is CCC1=C(C)C2=Cc3[nH]c(c(C)c3CC)C=C3N=C(C=C4N=C(C(C)=C4CCC(=O)OC)/C(=C\O)C1=N2)C(CCC(=O)OC)=C3C. The lowest BCUT2D eigenvalue weighted by Crippen LogP contribution is -2.14. The molecule has 4 aliphatic rings. The molecule has 1 aromatic rings. The van der Waals surface area contributed by atoms with E-state index in [9.17, 15) is 14.7 Å². The molecule has 9 nitrogen and oxygen atoms in total. The molecule has 46 heavy (non-hydrogen) atoms. The van der Waals surface area contributed by atoms with Gasteiger partial charge < -0.3 is 19.6 Å². The summed E-state index contributed by atoms with van der Waals surface area (Å²) < 4.78 is 9.90. The lowest BCUT2D eigenvalue weighted by Gasteiger charge is -2.11. The first-order valence-corrected chi connectivity index (χ1v) is 15.8. The van der Waals surface area contributed by atoms with Gasteiger partial charge in [0, 0.05) is 24.2 Å². The number of rotatable bonds is 8. The van der Waals surface area contributed by atoms with Gasteiger partial charge in [0.25, 0.3) is 0 Å². The smallest absolute Gasteiger partial charge is 0.305 e. The second-order valence-corrected chi connectivity index (χ2v) is 11.8. The molecular formula is C37H42N4O5. The van der Waals surface area contributed by atoms with E-state index >= 15 is 0 Å². The van der Waals surface area contributed by atoms with Crippen molar-refractivity contribution in [3.63, 3.8) is 0 Å². The van der Waals surface area contributed by atoms with Crippen LogP contribution in [0.15, 0.2) is 83.4 Å². The van der Waals surface area contributed by atoms with E-state index in [0.29, 0.717) is 41.2 Å². The van der Waals surface area contributed by atoms with E-state index in [1.54, 1.807) is 0 Å². The minimum Gasteiger partial charge on any atom is -0.515 e. The Labute approximate surface area is 270 Å². The molecule has 0 atom stereocenters. The third-order valence-electron chi connectivity index (χ3n) is 9.34. The molecule has 0 unspecified atom stereocenters. The highest BCUT2D eigenvalue weighted by molar-refractivity contribution is 6.36. The molecule has 0 radical (unpaired) electrons. The normalized spacial score (nSPS) is 18.5. The fourth-order valence-corrected chi connectivity index (χ4v) is 6.60. The molecule has 2 N–H and O–H groups in total. The van der Waals surface area contributed by atoms with Gasteiger partial charge in [-0.15, -0.1) is 0 Å². The first-order chi connectivity index (χ1) is 22.1. The fraction of sp³-hybridized carbons (Fsp3) is 0.378. The highest BCUT2D eigenvalue weighted by Gasteiger charge is 2.32. The number of allylic oxidation sites excluding steroid dienone is 8. The Morgan fingerprint density at radius 1 is 0.739 bits per heavy atom. The van der Waals surface area contributed by atoms with Crippen LogP contribution in [0.2, 0.25) is 0 Å². The van der Waals surface area contributed by atoms with E-state index in [1.807, 2.05) is 19.9 Å². The minimum atomic E-state index is -0.323. The molecule has 9 heteroatoms. The Kier molecular flexibility index (Phi) is 9.42. The molecule has 4 aliphatic heterocycles. The Bertz CT molecular complexity index is 1850. The first kappa shape index (κ1) is 32.6. The topological polar surface area (TPSA) is 126 Å². The summed E-state index contributed by atoms with van der Waals surface area (Å²) in [5, 5.41) is 10.7. The van der Waals surface area contributed by atoms with Crippen molar-refractivity contribution in [1.82, 2.24) is 4.98 Å². The summed E-state index contributed by atoms with van der Waals surface area (Å²) in [5.41, 5.74) is 14.7. The number of aliphatic imine (C=N–C) groups is 3. The maximum atomic E-state index is 12.2. The van der Waals surface area contributed by atoms with E-state index in [1.165, 1.54) is 19.8 Å². The number of nitrogens with one attached hydrogen (secondary N) is 1. The summed E-state index contributed by atoms with van der Waals surface area (Å²) in [4.78, 5) is 43.3. The lowest BCUT2D eigenvalue weighted by molar-refractivity contribution is -0.141. The van der Waals surface area contributed by atoms with E-state index in [2.05, 4.69) is 44.8 Å². The van der Waals surface area contributed by atoms with Gasteiger partial charge in [0.2, 0.25) is 0 Å². The summed E-state index contributed by atoms with van der Waals surface area (Å²) in [5.74, 6) is -0.621. The number of H-pyrrole nitrogens is 1. The van der Waals surface area contributed by atoms with Crippen molar-refractivity contribution in [3.8, 4) is 0 Å². The minimum absolute atomic E-state index is 0.171. The van der Waals surface area contributed by atoms with Crippen LogP contribution in [-0.2, 0) is 25.5 Å². The Morgan fingerprint density at radius 3 is 1.93 bits per heavy atom. The average Bonchev–Trinajstić information content (AvgIpc) is 3.72. The van der Waals surface area contributed by atoms with Crippen LogP contribution < -0.4 is 0 Å². The number of aromatic amines is 1. The molecule has 0 fully saturated rings. The number of aromatic nitrogens is 1. The van der Waals surface area contributed by atoms with Gasteiger partial charge in [-0.25, -0.2) is 15.0 Å². The molecule has 5 rings (SSSR count). The summed E-state index contributed by atoms with van der Waals surface area (Å²) in [6.07, 6.45) is 9.94. The third kappa shape index (κ3) is 5.82. The molecule has 0 amide bonds. The molecule has 0 saturated heterocycles. The standard InChI is InChI=1S/C37H42N4O5/c1-9-23-19(3)28-15-29-21(5)25(11-13-34(43)45-7)32(39-29)17-33-26(12-14-35(44)46-8)22(6)36(41-33)27(18-42)37-24(10-2)20(4)30(40-37)16-31(23)38-28/h15-18,38,42H,9-14H2,1-8H3/b27-18+,29-15?,30-16?,33-17?. The first-order valence-electron chi connectivity index (χ1n) is 15.8. The summed E-state index contributed by atoms with van der Waals surface area (Å²) in [7, 11) is 2.76. The Hall–Kier alpha value is -4.79. The van der Waals surface area contributed by atoms with Crippen LogP contribution in [0.4, 0.5) is 0 Å². The largest absolute Gasteiger partial charge is 0.515 e. The van der Waals surface area contributed by atoms with Crippen molar-refractivity contribution in [2.45, 2.75) is 80.1 Å². The van der Waals surface area contributed by atoms with Crippen LogP contribution in [0, 0.1) is 6.92 Å². The predicted octanol–water partition coefficient (Wildman–Crippen LogP) is 7.54. The fourth-order valence-electron chi connectivity index (χ4n) is 6.60. The van der Waals surface area contributed by atoms with Crippen molar-refractivity contribution in [2.75, 3.05) is 14.2 Å². The molecule has 0 saturated carbocycles. The second kappa shape index (κ2) is 13.3. The number of aliphatic hydroxyl groups is 1. The van der Waals surface area contributed by atoms with Crippen LogP contribution in [0.1, 0.15) is 89.2 Å². The van der Waals surface area contributed by atoms with Gasteiger partial charge in [0.1, 0.15) is 0 Å². The molecule has 5 heterocycles. The number of fused-ring (bicyclic) bond motifs is 5. The third-order valence-corrected chi connectivity index (χ3v) is 9.34. The van der Waals surface area contributed by atoms with Crippen molar-refractivity contribution >= 4 is 41.2 Å². The van der Waals surface area contributed by atoms with E-state index in [4.69, 9.17) is 24.5 Å². The summed E-state index contributed by atoms with van der Waals surface area (Å²) >= 11 is 0. The zero-order valence-electron chi connectivity index (χ0n) is 28.0. The number of carbonyl (C=O) groups excluding carboxylic acids is 2. The van der Waals surface area contributed by atoms with E-state index in [-0.39, 0.29) is 24.8 Å². The van der Waals surface area contributed by atoms with Crippen LogP contribution >= 0.6 is 0 Å². The van der Waals surface area contributed by atoms with Crippen molar-refractivity contribution in [1.29, 1.82) is 0 Å². The number of methoxy groups -OCH3 is 2. The van der Waals surface area contributed by atoms with Crippen LogP contribution in [0.25, 0.3) is 12.2 Å². The Morgan fingerprint density at radius 2 is 1.33 bits per heavy atom. The molecule has 8 bridgehead atoms. The molecule has 240 valence electrons. The van der Waals surface area contributed by atoms with Crippen molar-refractivity contribution in [3.05, 3.63) is 91.0 Å². The highest BCUT2D eigenvalue weighted by atomic mass is 16.5. The molecule has 1 aromatic heterocycles. The molecule has 0 aliphatic carbocycles. The lowest BCUT2D eigenvalue weighted by atomic mass is 9.91. The van der Waals surface area contributed by atoms with E-state index < -0.39 is 0 Å². The summed E-state index contributed by atoms with van der Waals surface area (Å²) in [6, 6.07) is 0. The van der Waals surface area contributed by atoms with Gasteiger partial charge >= 0.3 is 11.9 Å². The maximum absolute atomic E-state index is 12.2. The van der Waals surface area contributed by atoms with Gasteiger partial charge in [-0.2, -0.15) is 0 Å². The predicted molar refractivity (Wildman–Crippen MR) is 183 cm³/mol. The molecular weight excluding hydrogens is 580 g/mol. The van der Waals surface area contributed by atoms with Crippen LogP contribution in [-0.4, -0.2) is 53.4 Å². The van der Waals surface area contributed by atoms with Gasteiger partial charge in [-0.3, -0.25) is 9.59 Å². The van der Waals surface area contributed by atoms with Gasteiger partial charge in [0.15, 0.2) is 0 Å². The molecule has 0 aromatic carbocycles. The number of aliphatic hydroxyl groups excluding tert-OH is 1. The Balaban J connectivity index is 1.80. The maximum Gasteiger partial charge on any atom is 0.305 e. The van der Waals surface area contributed by atoms with Crippen LogP contribution in [0.3, 0.4) is 0 Å². The zero-order chi connectivity index (χ0) is 33.3. The van der Waals surface area contributed by atoms with Crippen molar-refractivity contribution in [2.24, 2.45) is 15.0 Å². The van der Waals surface area contributed by atoms with E-state index in [0.717, 1.165) is 80.9 Å². The van der Waals surface area contributed by atoms with Crippen LogP contribution in [0.5, 0.6) is 0 Å². The number of ether oxygens (including phenoxy) is 2. The van der Waals surface area contributed by atoms with Crippen molar-refractivity contribution < 1.29 is 24.2 Å². The number of hydrogen-bond acceptors (Lipinski definition) is 8. The average molecular weight is 623 g/mol. The quantitative estimate of drug-likeness (QED) is 0.229. The number of esters is 2. The zero-order valence-corrected chi connectivity index (χ0v) is 28.0. The van der Waals surface area contributed by atoms with Gasteiger partial charge in [0.05, 0.1) is 60.3 Å². The molecule has 0 spiro atoms. The monoisotopic (exact) mass is 622 g/mol. The highest BCUT2D eigenvalue weighted by Crippen LogP contribution is 2.39. The van der Waals surface area contributed by atoms with Gasteiger partial charge in [-0.1, -0.05) is 13.8 Å². The second-order valence-electron chi connectivity index (χ2n) is 11.8. The number of carbonyl (C=O) groups is 2. The summed E-state index contributed by atoms with van der Waals surface area (Å²) in [6.45, 7) is 12.4. The number of nitrogens with zero attached hydrogens (tertiary/aromatic N) is 3. The van der Waals surface area contributed by atoms with Gasteiger partial charge in [-0.05, 0) is 116 Å².